The number of methoxy groups -OCH3 is 2. The third-order valence-corrected chi connectivity index (χ3v) is 5.86. The number of aromatic nitrogens is 2. The molecule has 0 bridgehead atoms. The molecule has 2 heterocycles. The molecular formula is C18H18N4O6S2. The Balaban J connectivity index is 1.74. The molecule has 0 unspecified atom stereocenters. The van der Waals surface area contributed by atoms with E-state index in [1.54, 1.807) is 6.07 Å². The summed E-state index contributed by atoms with van der Waals surface area (Å²) in [5.41, 5.74) is 0. The number of ether oxygens (including phenoxy) is 3. The number of rotatable bonds is 8. The third kappa shape index (κ3) is 5.36. The summed E-state index contributed by atoms with van der Waals surface area (Å²) in [5, 5.41) is 4.13. The van der Waals surface area contributed by atoms with E-state index >= 15 is 0 Å². The van der Waals surface area contributed by atoms with Crippen LogP contribution < -0.4 is 24.2 Å². The van der Waals surface area contributed by atoms with Crippen LogP contribution in [0.15, 0.2) is 52.7 Å². The smallest absolute Gasteiger partial charge is 0.335 e. The first kappa shape index (κ1) is 21.3. The Bertz CT molecular complexity index is 1100. The molecule has 0 fully saturated rings. The molecule has 0 saturated heterocycles. The van der Waals surface area contributed by atoms with E-state index in [4.69, 9.17) is 14.2 Å². The molecule has 12 heteroatoms. The van der Waals surface area contributed by atoms with E-state index in [2.05, 4.69) is 15.3 Å². The number of thiophene rings is 1. The Hall–Kier alpha value is -3.38. The second-order valence-electron chi connectivity index (χ2n) is 5.65. The Kier molecular flexibility index (Phi) is 6.69. The largest absolute Gasteiger partial charge is 0.487 e. The van der Waals surface area contributed by atoms with Crippen LogP contribution in [0.25, 0.3) is 0 Å². The van der Waals surface area contributed by atoms with Crippen LogP contribution in [0.3, 0.4) is 0 Å². The molecule has 1 aromatic carbocycles. The maximum atomic E-state index is 12.7. The van der Waals surface area contributed by atoms with Gasteiger partial charge in [-0.15, -0.1) is 11.3 Å². The number of nitrogens with zero attached hydrogens (tertiary/aromatic N) is 2. The Morgan fingerprint density at radius 1 is 1.07 bits per heavy atom. The minimum atomic E-state index is -4.23. The number of hydrogen-bond donors (Lipinski definition) is 2. The number of para-hydroxylation sites is 1. The Morgan fingerprint density at radius 3 is 2.40 bits per heavy atom. The van der Waals surface area contributed by atoms with Gasteiger partial charge in [-0.2, -0.15) is 9.97 Å². The molecular weight excluding hydrogens is 432 g/mol. The maximum absolute atomic E-state index is 12.7. The van der Waals surface area contributed by atoms with E-state index in [1.165, 1.54) is 49.8 Å². The van der Waals surface area contributed by atoms with Crippen molar-refractivity contribution in [3.05, 3.63) is 52.7 Å². The highest BCUT2D eigenvalue weighted by atomic mass is 32.2. The van der Waals surface area contributed by atoms with Crippen molar-refractivity contribution in [2.45, 2.75) is 11.5 Å². The first-order valence-corrected chi connectivity index (χ1v) is 10.8. The molecule has 3 aromatic rings. The third-order valence-electron chi connectivity index (χ3n) is 3.64. The number of carbonyl (C=O) groups is 1. The second kappa shape index (κ2) is 9.41. The van der Waals surface area contributed by atoms with Crippen LogP contribution in [-0.2, 0) is 16.6 Å². The van der Waals surface area contributed by atoms with Gasteiger partial charge in [-0.1, -0.05) is 18.2 Å². The van der Waals surface area contributed by atoms with Gasteiger partial charge in [-0.05, 0) is 23.6 Å². The minimum Gasteiger partial charge on any atom is -0.487 e. The summed E-state index contributed by atoms with van der Waals surface area (Å²) in [6.45, 7) is 0.202. The first-order chi connectivity index (χ1) is 14.4. The molecule has 30 heavy (non-hydrogen) atoms. The van der Waals surface area contributed by atoms with Crippen molar-refractivity contribution in [2.24, 2.45) is 0 Å². The Morgan fingerprint density at radius 2 is 1.77 bits per heavy atom. The molecule has 10 nitrogen and oxygen atoms in total. The van der Waals surface area contributed by atoms with Crippen LogP contribution in [0.4, 0.5) is 10.7 Å². The number of carbonyl (C=O) groups excluding carboxylic acids is 1. The lowest BCUT2D eigenvalue weighted by atomic mass is 10.3. The summed E-state index contributed by atoms with van der Waals surface area (Å²) < 4.78 is 43.0. The lowest BCUT2D eigenvalue weighted by Gasteiger charge is -2.13. The van der Waals surface area contributed by atoms with Crippen molar-refractivity contribution in [1.29, 1.82) is 0 Å². The normalized spacial score (nSPS) is 10.9. The fourth-order valence-electron chi connectivity index (χ4n) is 2.31. The van der Waals surface area contributed by atoms with Gasteiger partial charge in [-0.25, -0.2) is 17.9 Å². The van der Waals surface area contributed by atoms with Gasteiger partial charge in [0.05, 0.1) is 20.3 Å². The van der Waals surface area contributed by atoms with Gasteiger partial charge in [0.2, 0.25) is 17.7 Å². The molecule has 3 rings (SSSR count). The molecule has 2 aromatic heterocycles. The van der Waals surface area contributed by atoms with Crippen LogP contribution in [0.1, 0.15) is 4.88 Å². The van der Waals surface area contributed by atoms with Crippen molar-refractivity contribution >= 4 is 33.3 Å². The van der Waals surface area contributed by atoms with Crippen LogP contribution in [0, 0.1) is 0 Å². The van der Waals surface area contributed by atoms with Gasteiger partial charge in [0, 0.05) is 4.88 Å². The fourth-order valence-corrected chi connectivity index (χ4v) is 3.98. The highest BCUT2D eigenvalue weighted by Crippen LogP contribution is 2.25. The van der Waals surface area contributed by atoms with Crippen LogP contribution in [-0.4, -0.2) is 38.6 Å². The molecule has 0 atom stereocenters. The van der Waals surface area contributed by atoms with Crippen molar-refractivity contribution in [2.75, 3.05) is 19.5 Å². The Labute approximate surface area is 176 Å². The van der Waals surface area contributed by atoms with E-state index < -0.39 is 16.1 Å². The highest BCUT2D eigenvalue weighted by Gasteiger charge is 2.23. The number of benzene rings is 1. The van der Waals surface area contributed by atoms with Crippen molar-refractivity contribution in [1.82, 2.24) is 14.7 Å². The zero-order valence-electron chi connectivity index (χ0n) is 16.0. The van der Waals surface area contributed by atoms with Gasteiger partial charge in [0.1, 0.15) is 17.3 Å². The van der Waals surface area contributed by atoms with E-state index in [9.17, 15) is 13.2 Å². The van der Waals surface area contributed by atoms with Gasteiger partial charge in [0.15, 0.2) is 0 Å². The van der Waals surface area contributed by atoms with Crippen LogP contribution in [0.5, 0.6) is 17.5 Å². The van der Waals surface area contributed by atoms with Crippen LogP contribution >= 0.6 is 11.3 Å². The summed E-state index contributed by atoms with van der Waals surface area (Å²) in [4.78, 5) is 20.8. The lowest BCUT2D eigenvalue weighted by Crippen LogP contribution is -2.35. The lowest BCUT2D eigenvalue weighted by molar-refractivity contribution is 0.256. The predicted octanol–water partition coefficient (Wildman–Crippen LogP) is 2.64. The quantitative estimate of drug-likeness (QED) is 0.536. The molecule has 2 N–H and O–H groups in total. The number of nitrogens with one attached hydrogen (secondary N) is 2. The summed E-state index contributed by atoms with van der Waals surface area (Å²) in [7, 11) is -1.48. The molecule has 0 aliphatic heterocycles. The molecule has 0 radical (unpaired) electrons. The topological polar surface area (TPSA) is 129 Å². The van der Waals surface area contributed by atoms with Gasteiger partial charge >= 0.3 is 6.03 Å². The van der Waals surface area contributed by atoms with Crippen LogP contribution in [0.2, 0.25) is 0 Å². The molecule has 0 aliphatic carbocycles. The average Bonchev–Trinajstić information content (AvgIpc) is 3.25. The van der Waals surface area contributed by atoms with Gasteiger partial charge in [-0.3, -0.25) is 5.32 Å². The number of sulfonamides is 1. The summed E-state index contributed by atoms with van der Waals surface area (Å²) >= 11 is 1.48. The van der Waals surface area contributed by atoms with E-state index in [1.807, 2.05) is 22.2 Å². The van der Waals surface area contributed by atoms with Crippen molar-refractivity contribution < 1.29 is 27.4 Å². The summed E-state index contributed by atoms with van der Waals surface area (Å²) in [6.07, 6.45) is 0. The molecule has 0 saturated carbocycles. The van der Waals surface area contributed by atoms with Gasteiger partial charge < -0.3 is 14.2 Å². The van der Waals surface area contributed by atoms with Gasteiger partial charge in [0.25, 0.3) is 10.0 Å². The maximum Gasteiger partial charge on any atom is 0.335 e. The zero-order chi connectivity index (χ0) is 21.6. The molecule has 2 amide bonds. The number of anilines is 1. The fraction of sp³-hybridized carbons (Fsp3) is 0.167. The SMILES string of the molecule is COc1cc(OC)nc(NC(=O)NS(=O)(=O)c2ccccc2OCc2cccs2)n1. The van der Waals surface area contributed by atoms with Crippen molar-refractivity contribution in [3.63, 3.8) is 0 Å². The molecule has 0 spiro atoms. The minimum absolute atomic E-state index is 0.116. The van der Waals surface area contributed by atoms with E-state index in [0.717, 1.165) is 4.88 Å². The van der Waals surface area contributed by atoms with E-state index in [0.29, 0.717) is 0 Å². The molecule has 0 aliphatic rings. The number of hydrogen-bond acceptors (Lipinski definition) is 9. The summed E-state index contributed by atoms with van der Waals surface area (Å²) in [5.74, 6) is 0.186. The summed E-state index contributed by atoms with van der Waals surface area (Å²) in [6, 6.07) is 10.1. The second-order valence-corrected chi connectivity index (χ2v) is 8.33. The number of amides is 2. The standard InChI is InChI=1S/C18H18N4O6S2/c1-26-15-10-16(27-2)20-17(19-15)21-18(23)22-30(24,25)14-8-4-3-7-13(14)28-11-12-6-5-9-29-12/h3-10H,11H2,1-2H3,(H2,19,20,21,22,23). The monoisotopic (exact) mass is 450 g/mol. The molecule has 158 valence electrons. The average molecular weight is 450 g/mol. The predicted molar refractivity (Wildman–Crippen MR) is 110 cm³/mol. The first-order valence-electron chi connectivity index (χ1n) is 8.46. The zero-order valence-corrected chi connectivity index (χ0v) is 17.6. The van der Waals surface area contributed by atoms with E-state index in [-0.39, 0.29) is 35.0 Å². The number of urea groups is 1. The van der Waals surface area contributed by atoms with Crippen molar-refractivity contribution in [3.8, 4) is 17.5 Å². The highest BCUT2D eigenvalue weighted by molar-refractivity contribution is 7.90.